The van der Waals surface area contributed by atoms with Crippen molar-refractivity contribution in [1.82, 2.24) is 4.90 Å². The molecule has 1 unspecified atom stereocenters. The van der Waals surface area contributed by atoms with Crippen LogP contribution in [0, 0.1) is 5.41 Å². The molecular formula is C17H25ClN2O. The fourth-order valence-electron chi connectivity index (χ4n) is 3.27. The van der Waals surface area contributed by atoms with Gasteiger partial charge < -0.3 is 10.6 Å². The second kappa shape index (κ2) is 6.37. The molecule has 1 aromatic rings. The van der Waals surface area contributed by atoms with Crippen LogP contribution in [0.25, 0.3) is 0 Å². The van der Waals surface area contributed by atoms with Crippen LogP contribution in [0.5, 0.6) is 0 Å². The fraction of sp³-hybridized carbons (Fsp3) is 0.588. The zero-order valence-corrected chi connectivity index (χ0v) is 13.9. The summed E-state index contributed by atoms with van der Waals surface area (Å²) in [4.78, 5) is 14.2. The SMILES string of the molecule is CC[C@@H](N)C(=O)N1CCC(c2ccc(Cl)cc2)C(C)(C)C1. The molecule has 1 amide bonds. The van der Waals surface area contributed by atoms with Crippen molar-refractivity contribution in [3.8, 4) is 0 Å². The summed E-state index contributed by atoms with van der Waals surface area (Å²) in [5, 5.41) is 0.762. The molecule has 0 aliphatic carbocycles. The molecule has 1 fully saturated rings. The van der Waals surface area contributed by atoms with Crippen molar-refractivity contribution in [2.45, 2.75) is 45.6 Å². The van der Waals surface area contributed by atoms with Crippen molar-refractivity contribution in [3.63, 3.8) is 0 Å². The Kier molecular flexibility index (Phi) is 4.95. The predicted molar refractivity (Wildman–Crippen MR) is 87.4 cm³/mol. The van der Waals surface area contributed by atoms with Crippen molar-refractivity contribution in [2.75, 3.05) is 13.1 Å². The largest absolute Gasteiger partial charge is 0.341 e. The van der Waals surface area contributed by atoms with Gasteiger partial charge in [0.15, 0.2) is 0 Å². The summed E-state index contributed by atoms with van der Waals surface area (Å²) < 4.78 is 0. The highest BCUT2D eigenvalue weighted by Crippen LogP contribution is 2.42. The molecule has 0 saturated carbocycles. The number of amides is 1. The van der Waals surface area contributed by atoms with Gasteiger partial charge >= 0.3 is 0 Å². The lowest BCUT2D eigenvalue weighted by molar-refractivity contribution is -0.136. The molecule has 116 valence electrons. The predicted octanol–water partition coefficient (Wildman–Crippen LogP) is 3.42. The minimum absolute atomic E-state index is 0.0369. The molecule has 3 nitrogen and oxygen atoms in total. The van der Waals surface area contributed by atoms with Crippen LogP contribution in [0.4, 0.5) is 0 Å². The molecule has 1 aromatic carbocycles. The van der Waals surface area contributed by atoms with Crippen molar-refractivity contribution in [2.24, 2.45) is 11.1 Å². The van der Waals surface area contributed by atoms with E-state index in [1.54, 1.807) is 0 Å². The van der Waals surface area contributed by atoms with Crippen molar-refractivity contribution in [1.29, 1.82) is 0 Å². The number of rotatable bonds is 3. The van der Waals surface area contributed by atoms with E-state index in [-0.39, 0.29) is 17.4 Å². The molecule has 4 heteroatoms. The summed E-state index contributed by atoms with van der Waals surface area (Å²) in [6, 6.07) is 7.72. The summed E-state index contributed by atoms with van der Waals surface area (Å²) in [5.41, 5.74) is 7.23. The summed E-state index contributed by atoms with van der Waals surface area (Å²) in [6.45, 7) is 7.94. The van der Waals surface area contributed by atoms with Gasteiger partial charge in [-0.2, -0.15) is 0 Å². The van der Waals surface area contributed by atoms with Crippen LogP contribution in [-0.4, -0.2) is 29.9 Å². The monoisotopic (exact) mass is 308 g/mol. The highest BCUT2D eigenvalue weighted by Gasteiger charge is 2.38. The van der Waals surface area contributed by atoms with Gasteiger partial charge in [0.2, 0.25) is 5.91 Å². The normalized spacial score (nSPS) is 22.9. The molecule has 0 radical (unpaired) electrons. The van der Waals surface area contributed by atoms with E-state index >= 15 is 0 Å². The molecule has 21 heavy (non-hydrogen) atoms. The minimum atomic E-state index is -0.368. The summed E-state index contributed by atoms with van der Waals surface area (Å²) in [6.07, 6.45) is 1.66. The van der Waals surface area contributed by atoms with Crippen LogP contribution in [0.1, 0.15) is 45.1 Å². The summed E-state index contributed by atoms with van der Waals surface area (Å²) >= 11 is 5.97. The van der Waals surface area contributed by atoms with E-state index in [1.807, 2.05) is 24.0 Å². The molecule has 1 heterocycles. The number of hydrogen-bond donors (Lipinski definition) is 1. The third-order valence-electron chi connectivity index (χ3n) is 4.57. The Morgan fingerprint density at radius 2 is 2.05 bits per heavy atom. The van der Waals surface area contributed by atoms with E-state index in [1.165, 1.54) is 5.56 Å². The van der Waals surface area contributed by atoms with Crippen LogP contribution in [-0.2, 0) is 4.79 Å². The first-order valence-electron chi connectivity index (χ1n) is 7.65. The second-order valence-corrected chi connectivity index (χ2v) is 7.09. The Hall–Kier alpha value is -1.06. The molecular weight excluding hydrogens is 284 g/mol. The van der Waals surface area contributed by atoms with Crippen molar-refractivity contribution >= 4 is 17.5 Å². The number of halogens is 1. The first kappa shape index (κ1) is 16.3. The van der Waals surface area contributed by atoms with Gasteiger partial charge in [-0.05, 0) is 41.9 Å². The quantitative estimate of drug-likeness (QED) is 0.930. The average Bonchev–Trinajstić information content (AvgIpc) is 2.46. The number of carbonyl (C=O) groups excluding carboxylic acids is 1. The molecule has 1 saturated heterocycles. The zero-order chi connectivity index (χ0) is 15.6. The molecule has 1 aliphatic heterocycles. The maximum absolute atomic E-state index is 12.3. The van der Waals surface area contributed by atoms with Crippen LogP contribution >= 0.6 is 11.6 Å². The third kappa shape index (κ3) is 3.58. The molecule has 0 spiro atoms. The van der Waals surface area contributed by atoms with Crippen molar-refractivity contribution in [3.05, 3.63) is 34.9 Å². The Labute approximate surface area is 132 Å². The highest BCUT2D eigenvalue weighted by molar-refractivity contribution is 6.30. The number of nitrogens with zero attached hydrogens (tertiary/aromatic N) is 1. The smallest absolute Gasteiger partial charge is 0.239 e. The number of likely N-dealkylation sites (tertiary alicyclic amines) is 1. The fourth-order valence-corrected chi connectivity index (χ4v) is 3.39. The first-order valence-corrected chi connectivity index (χ1v) is 8.03. The van der Waals surface area contributed by atoms with Gasteiger partial charge in [0.05, 0.1) is 6.04 Å². The molecule has 2 N–H and O–H groups in total. The maximum Gasteiger partial charge on any atom is 0.239 e. The Bertz CT molecular complexity index is 498. The number of piperidine rings is 1. The molecule has 0 bridgehead atoms. The summed E-state index contributed by atoms with van der Waals surface area (Å²) in [5.74, 6) is 0.525. The van der Waals surface area contributed by atoms with Crippen LogP contribution in [0.3, 0.4) is 0 Å². The average molecular weight is 309 g/mol. The lowest BCUT2D eigenvalue weighted by Crippen LogP contribution is -2.52. The number of nitrogens with two attached hydrogens (primary N) is 1. The van der Waals surface area contributed by atoms with Gasteiger partial charge in [0, 0.05) is 18.1 Å². The van der Waals surface area contributed by atoms with Gasteiger partial charge in [-0.15, -0.1) is 0 Å². The number of carbonyl (C=O) groups is 1. The molecule has 0 aromatic heterocycles. The van der Waals surface area contributed by atoms with E-state index in [0.29, 0.717) is 12.3 Å². The van der Waals surface area contributed by atoms with Crippen LogP contribution in [0.15, 0.2) is 24.3 Å². The lowest BCUT2D eigenvalue weighted by Gasteiger charge is -2.45. The zero-order valence-electron chi connectivity index (χ0n) is 13.1. The van der Waals surface area contributed by atoms with E-state index in [4.69, 9.17) is 17.3 Å². The van der Waals surface area contributed by atoms with Crippen LogP contribution < -0.4 is 5.73 Å². The number of hydrogen-bond acceptors (Lipinski definition) is 2. The van der Waals surface area contributed by atoms with Gasteiger partial charge in [0.25, 0.3) is 0 Å². The Balaban J connectivity index is 2.13. The highest BCUT2D eigenvalue weighted by atomic mass is 35.5. The Morgan fingerprint density at radius 3 is 2.57 bits per heavy atom. The van der Waals surface area contributed by atoms with E-state index in [9.17, 15) is 4.79 Å². The van der Waals surface area contributed by atoms with E-state index in [0.717, 1.165) is 24.5 Å². The third-order valence-corrected chi connectivity index (χ3v) is 4.82. The lowest BCUT2D eigenvalue weighted by atomic mass is 9.70. The van der Waals surface area contributed by atoms with Gasteiger partial charge in [0.1, 0.15) is 0 Å². The minimum Gasteiger partial charge on any atom is -0.341 e. The van der Waals surface area contributed by atoms with Crippen molar-refractivity contribution < 1.29 is 4.79 Å². The Morgan fingerprint density at radius 1 is 1.43 bits per heavy atom. The van der Waals surface area contributed by atoms with Gasteiger partial charge in [-0.1, -0.05) is 44.5 Å². The molecule has 2 atom stereocenters. The standard InChI is InChI=1S/C17H25ClN2O/c1-4-15(19)16(21)20-10-9-14(17(2,3)11-20)12-5-7-13(18)8-6-12/h5-8,14-15H,4,9-11,19H2,1-3H3/t14?,15-/m1/s1. The molecule has 2 rings (SSSR count). The first-order chi connectivity index (χ1) is 9.85. The second-order valence-electron chi connectivity index (χ2n) is 6.66. The molecule has 1 aliphatic rings. The van der Waals surface area contributed by atoms with Gasteiger partial charge in [-0.25, -0.2) is 0 Å². The topological polar surface area (TPSA) is 46.3 Å². The van der Waals surface area contributed by atoms with E-state index < -0.39 is 0 Å². The summed E-state index contributed by atoms with van der Waals surface area (Å²) in [7, 11) is 0. The maximum atomic E-state index is 12.3. The van der Waals surface area contributed by atoms with E-state index in [2.05, 4.69) is 26.0 Å². The van der Waals surface area contributed by atoms with Gasteiger partial charge in [-0.3, -0.25) is 4.79 Å². The van der Waals surface area contributed by atoms with Crippen LogP contribution in [0.2, 0.25) is 5.02 Å². The number of benzene rings is 1.